The van der Waals surface area contributed by atoms with E-state index in [0.29, 0.717) is 11.4 Å². The van der Waals surface area contributed by atoms with Gasteiger partial charge >= 0.3 is 0 Å². The highest BCUT2D eigenvalue weighted by Crippen LogP contribution is 2.28. The molecular weight excluding hydrogens is 176 g/mol. The maximum Gasteiger partial charge on any atom is 0.137 e. The monoisotopic (exact) mass is 186 g/mol. The summed E-state index contributed by atoms with van der Waals surface area (Å²) in [5.74, 6) is 0.123. The van der Waals surface area contributed by atoms with Gasteiger partial charge in [0, 0.05) is 6.61 Å². The molecule has 0 aliphatic rings. The Bertz CT molecular complexity index is 261. The van der Waals surface area contributed by atoms with Gasteiger partial charge in [-0.1, -0.05) is 17.7 Å². The average molecular weight is 187 g/mol. The normalized spacial score (nSPS) is 10.2. The highest BCUT2D eigenvalue weighted by Gasteiger charge is 2.03. The third-order valence-electron chi connectivity index (χ3n) is 1.71. The van der Waals surface area contributed by atoms with Crippen LogP contribution in [0, 0.1) is 6.92 Å². The molecule has 2 N–H and O–H groups in total. The number of phenols is 1. The van der Waals surface area contributed by atoms with E-state index in [1.807, 2.05) is 6.07 Å². The van der Waals surface area contributed by atoms with E-state index in [0.717, 1.165) is 11.1 Å². The first-order valence-electron chi connectivity index (χ1n) is 3.74. The Hall–Kier alpha value is -0.730. The molecule has 0 saturated carbocycles. The predicted octanol–water partition coefficient (Wildman–Crippen LogP) is 1.89. The molecule has 0 radical (unpaired) electrons. The molecule has 12 heavy (non-hydrogen) atoms. The first-order valence-corrected chi connectivity index (χ1v) is 4.12. The topological polar surface area (TPSA) is 40.5 Å². The molecule has 66 valence electrons. The number of aliphatic hydroxyl groups is 1. The van der Waals surface area contributed by atoms with Gasteiger partial charge in [-0.15, -0.1) is 0 Å². The predicted molar refractivity (Wildman–Crippen MR) is 48.6 cm³/mol. The summed E-state index contributed by atoms with van der Waals surface area (Å²) in [6.07, 6.45) is 0.570. The van der Waals surface area contributed by atoms with Crippen LogP contribution in [-0.2, 0) is 6.42 Å². The van der Waals surface area contributed by atoms with E-state index in [9.17, 15) is 5.11 Å². The van der Waals surface area contributed by atoms with Crippen LogP contribution in [0.1, 0.15) is 11.1 Å². The van der Waals surface area contributed by atoms with Gasteiger partial charge in [0.1, 0.15) is 5.75 Å². The molecule has 0 aliphatic heterocycles. The Labute approximate surface area is 76.4 Å². The van der Waals surface area contributed by atoms with Crippen LogP contribution in [0.15, 0.2) is 12.1 Å². The molecule has 0 atom stereocenters. The number of hydrogen-bond acceptors (Lipinski definition) is 2. The van der Waals surface area contributed by atoms with Gasteiger partial charge in [0.25, 0.3) is 0 Å². The third-order valence-corrected chi connectivity index (χ3v) is 2.00. The molecule has 0 aromatic heterocycles. The largest absolute Gasteiger partial charge is 0.506 e. The van der Waals surface area contributed by atoms with Crippen molar-refractivity contribution in [1.29, 1.82) is 0 Å². The maximum absolute atomic E-state index is 9.30. The van der Waals surface area contributed by atoms with Crippen molar-refractivity contribution in [3.63, 3.8) is 0 Å². The second kappa shape index (κ2) is 3.78. The van der Waals surface area contributed by atoms with E-state index in [4.69, 9.17) is 16.7 Å². The number of aryl methyl sites for hydroxylation is 1. The number of halogens is 1. The highest BCUT2D eigenvalue weighted by molar-refractivity contribution is 6.32. The van der Waals surface area contributed by atoms with Crippen LogP contribution in [0.3, 0.4) is 0 Å². The van der Waals surface area contributed by atoms with Gasteiger partial charge in [-0.25, -0.2) is 0 Å². The van der Waals surface area contributed by atoms with Gasteiger partial charge in [-0.2, -0.15) is 0 Å². The molecule has 0 amide bonds. The van der Waals surface area contributed by atoms with E-state index < -0.39 is 0 Å². The number of hydrogen-bond donors (Lipinski definition) is 2. The fourth-order valence-corrected chi connectivity index (χ4v) is 1.37. The first-order chi connectivity index (χ1) is 5.65. The van der Waals surface area contributed by atoms with Gasteiger partial charge in [0.15, 0.2) is 0 Å². The molecular formula is C9H11ClO2. The van der Waals surface area contributed by atoms with Crippen LogP contribution in [0.5, 0.6) is 5.75 Å². The zero-order chi connectivity index (χ0) is 9.14. The van der Waals surface area contributed by atoms with Gasteiger partial charge in [-0.05, 0) is 30.5 Å². The lowest BCUT2D eigenvalue weighted by molar-refractivity contribution is 0.299. The minimum atomic E-state index is 0.0978. The minimum absolute atomic E-state index is 0.0978. The van der Waals surface area contributed by atoms with Crippen molar-refractivity contribution < 1.29 is 10.2 Å². The van der Waals surface area contributed by atoms with Crippen LogP contribution < -0.4 is 0 Å². The summed E-state index contributed by atoms with van der Waals surface area (Å²) in [5.41, 5.74) is 1.68. The lowest BCUT2D eigenvalue weighted by Crippen LogP contribution is -1.91. The molecule has 0 saturated heterocycles. The van der Waals surface area contributed by atoms with Crippen molar-refractivity contribution in [3.8, 4) is 5.75 Å². The fraction of sp³-hybridized carbons (Fsp3) is 0.333. The summed E-state index contributed by atoms with van der Waals surface area (Å²) in [6, 6.07) is 3.48. The Morgan fingerprint density at radius 1 is 1.42 bits per heavy atom. The van der Waals surface area contributed by atoms with E-state index in [2.05, 4.69) is 0 Å². The average Bonchev–Trinajstić information content (AvgIpc) is 2.01. The minimum Gasteiger partial charge on any atom is -0.506 e. The lowest BCUT2D eigenvalue weighted by atomic mass is 10.1. The Balaban J connectivity index is 3.04. The number of aromatic hydroxyl groups is 1. The molecule has 0 aliphatic carbocycles. The molecule has 0 unspecified atom stereocenters. The molecule has 1 rings (SSSR count). The van der Waals surface area contributed by atoms with E-state index in [1.54, 1.807) is 13.0 Å². The Morgan fingerprint density at radius 3 is 2.58 bits per heavy atom. The molecule has 0 spiro atoms. The van der Waals surface area contributed by atoms with Crippen LogP contribution in [0.2, 0.25) is 5.02 Å². The van der Waals surface area contributed by atoms with E-state index in [1.165, 1.54) is 0 Å². The SMILES string of the molecule is Cc1cc(CCO)cc(Cl)c1O. The van der Waals surface area contributed by atoms with Crippen molar-refractivity contribution in [3.05, 3.63) is 28.3 Å². The summed E-state index contributed by atoms with van der Waals surface area (Å²) in [5, 5.41) is 18.3. The zero-order valence-corrected chi connectivity index (χ0v) is 7.60. The van der Waals surface area contributed by atoms with E-state index >= 15 is 0 Å². The van der Waals surface area contributed by atoms with Gasteiger partial charge in [-0.3, -0.25) is 0 Å². The summed E-state index contributed by atoms with van der Waals surface area (Å²) < 4.78 is 0. The Kier molecular flexibility index (Phi) is 2.95. The van der Waals surface area contributed by atoms with Gasteiger partial charge < -0.3 is 10.2 Å². The molecule has 0 heterocycles. The number of benzene rings is 1. The first kappa shape index (κ1) is 9.36. The molecule has 1 aromatic carbocycles. The fourth-order valence-electron chi connectivity index (χ4n) is 1.08. The molecule has 0 bridgehead atoms. The summed E-state index contributed by atoms with van der Waals surface area (Å²) in [7, 11) is 0. The summed E-state index contributed by atoms with van der Waals surface area (Å²) in [6.45, 7) is 1.88. The van der Waals surface area contributed by atoms with Crippen molar-refractivity contribution in [1.82, 2.24) is 0 Å². The molecule has 2 nitrogen and oxygen atoms in total. The van der Waals surface area contributed by atoms with Crippen molar-refractivity contribution >= 4 is 11.6 Å². The number of phenolic OH excluding ortho intramolecular Hbond substituents is 1. The number of rotatable bonds is 2. The van der Waals surface area contributed by atoms with E-state index in [-0.39, 0.29) is 12.4 Å². The quantitative estimate of drug-likeness (QED) is 0.741. The maximum atomic E-state index is 9.30. The number of aliphatic hydroxyl groups excluding tert-OH is 1. The van der Waals surface area contributed by atoms with Crippen molar-refractivity contribution in [2.45, 2.75) is 13.3 Å². The second-order valence-corrected chi connectivity index (χ2v) is 3.12. The zero-order valence-electron chi connectivity index (χ0n) is 6.84. The van der Waals surface area contributed by atoms with Crippen LogP contribution >= 0.6 is 11.6 Å². The second-order valence-electron chi connectivity index (χ2n) is 2.72. The van der Waals surface area contributed by atoms with Gasteiger partial charge in [0.2, 0.25) is 0 Å². The third kappa shape index (κ3) is 1.90. The van der Waals surface area contributed by atoms with Crippen molar-refractivity contribution in [2.75, 3.05) is 6.61 Å². The summed E-state index contributed by atoms with van der Waals surface area (Å²) in [4.78, 5) is 0. The molecule has 1 aromatic rings. The highest BCUT2D eigenvalue weighted by atomic mass is 35.5. The van der Waals surface area contributed by atoms with Crippen LogP contribution in [0.25, 0.3) is 0 Å². The van der Waals surface area contributed by atoms with Gasteiger partial charge in [0.05, 0.1) is 5.02 Å². The van der Waals surface area contributed by atoms with Crippen molar-refractivity contribution in [2.24, 2.45) is 0 Å². The van der Waals surface area contributed by atoms with Crippen LogP contribution in [-0.4, -0.2) is 16.8 Å². The Morgan fingerprint density at radius 2 is 2.08 bits per heavy atom. The molecule has 3 heteroatoms. The smallest absolute Gasteiger partial charge is 0.137 e. The summed E-state index contributed by atoms with van der Waals surface area (Å²) >= 11 is 5.72. The standard InChI is InChI=1S/C9H11ClO2/c1-6-4-7(2-3-11)5-8(10)9(6)12/h4-5,11-12H,2-3H2,1H3. The lowest BCUT2D eigenvalue weighted by Gasteiger charge is -2.04. The van der Waals surface area contributed by atoms with Crippen LogP contribution in [0.4, 0.5) is 0 Å². The molecule has 0 fully saturated rings.